The molecule has 0 unspecified atom stereocenters. The molecule has 1 aromatic rings. The maximum atomic E-state index is 13.2. The first-order valence-electron chi connectivity index (χ1n) is 11.6. The van der Waals surface area contributed by atoms with E-state index in [4.69, 9.17) is 9.47 Å². The quantitative estimate of drug-likeness (QED) is 0.652. The van der Waals surface area contributed by atoms with E-state index in [0.717, 1.165) is 0 Å². The monoisotopic (exact) mass is 487 g/mol. The zero-order chi connectivity index (χ0) is 25.5. The Morgan fingerprint density at radius 1 is 1.26 bits per heavy atom. The van der Waals surface area contributed by atoms with Gasteiger partial charge < -0.3 is 19.7 Å². The van der Waals surface area contributed by atoms with Crippen LogP contribution >= 0.6 is 0 Å². The Morgan fingerprint density at radius 3 is 2.59 bits per heavy atom. The molecule has 0 saturated heterocycles. The molecule has 0 spiro atoms. The van der Waals surface area contributed by atoms with E-state index in [2.05, 4.69) is 5.32 Å². The number of likely N-dealkylation sites (N-methyl/N-ethyl adjacent to an activating group) is 1. The van der Waals surface area contributed by atoms with Gasteiger partial charge in [0.2, 0.25) is 5.91 Å². The molecule has 7 nitrogen and oxygen atoms in total. The number of rotatable bonds is 6. The fourth-order valence-electron chi connectivity index (χ4n) is 3.96. The first kappa shape index (κ1) is 27.9. The highest BCUT2D eigenvalue weighted by Gasteiger charge is 2.32. The Balaban J connectivity index is 2.37. The van der Waals surface area contributed by atoms with Gasteiger partial charge in [-0.25, -0.2) is 0 Å². The lowest BCUT2D eigenvalue weighted by molar-refractivity contribution is -0.140. The lowest BCUT2D eigenvalue weighted by atomic mass is 10.0. The average molecular weight is 488 g/mol. The van der Waals surface area contributed by atoms with Crippen molar-refractivity contribution in [1.82, 2.24) is 9.80 Å². The minimum atomic E-state index is -4.26. The van der Waals surface area contributed by atoms with Gasteiger partial charge in [-0.3, -0.25) is 14.5 Å². The van der Waals surface area contributed by atoms with Gasteiger partial charge in [0.05, 0.1) is 18.1 Å². The van der Waals surface area contributed by atoms with Crippen LogP contribution in [-0.4, -0.2) is 80.3 Å². The largest absolute Gasteiger partial charge is 0.491 e. The van der Waals surface area contributed by atoms with E-state index in [1.165, 1.54) is 12.0 Å². The third-order valence-electron chi connectivity index (χ3n) is 6.02. The number of hydrogen-bond acceptors (Lipinski definition) is 5. The molecule has 0 fully saturated rings. The van der Waals surface area contributed by atoms with Crippen molar-refractivity contribution in [3.05, 3.63) is 23.8 Å². The third kappa shape index (κ3) is 8.16. The second-order valence-corrected chi connectivity index (χ2v) is 8.97. The van der Waals surface area contributed by atoms with Crippen molar-refractivity contribution in [3.63, 3.8) is 0 Å². The van der Waals surface area contributed by atoms with E-state index < -0.39 is 12.6 Å². The van der Waals surface area contributed by atoms with Gasteiger partial charge in [0.1, 0.15) is 12.4 Å². The number of nitrogens with zero attached hydrogens (tertiary/aromatic N) is 2. The molecule has 0 radical (unpaired) electrons. The number of anilines is 1. The van der Waals surface area contributed by atoms with Gasteiger partial charge in [0.15, 0.2) is 0 Å². The summed E-state index contributed by atoms with van der Waals surface area (Å²) in [5, 5.41) is 2.78. The Bertz CT molecular complexity index is 834. The Kier molecular flexibility index (Phi) is 10.2. The van der Waals surface area contributed by atoms with Gasteiger partial charge in [0, 0.05) is 58.0 Å². The van der Waals surface area contributed by atoms with Crippen molar-refractivity contribution in [2.45, 2.75) is 58.4 Å². The standard InChI is InChI=1S/C24H36F3N3O4/c1-6-7-22(31)28-18-8-9-19-20(12-18)34-15-17(3)30(11-10-24(25,26)27)13-16(2)21(33-5)14-29(4)23(19)32/h8-9,12,16-17,21H,6-7,10-11,13-15H2,1-5H3,(H,28,31)/t16-,17+,21-/m0/s1. The van der Waals surface area contributed by atoms with Crippen LogP contribution in [0.2, 0.25) is 0 Å². The van der Waals surface area contributed by atoms with Gasteiger partial charge in [-0.1, -0.05) is 13.8 Å². The van der Waals surface area contributed by atoms with Crippen LogP contribution in [0.25, 0.3) is 0 Å². The van der Waals surface area contributed by atoms with E-state index in [-0.39, 0.29) is 55.3 Å². The van der Waals surface area contributed by atoms with Crippen molar-refractivity contribution in [2.24, 2.45) is 5.92 Å². The molecule has 0 bridgehead atoms. The van der Waals surface area contributed by atoms with Crippen molar-refractivity contribution < 1.29 is 32.2 Å². The summed E-state index contributed by atoms with van der Waals surface area (Å²) < 4.78 is 50.5. The number of ether oxygens (including phenoxy) is 2. The molecule has 0 aliphatic carbocycles. The molecule has 10 heteroatoms. The van der Waals surface area contributed by atoms with Gasteiger partial charge in [-0.15, -0.1) is 0 Å². The zero-order valence-corrected chi connectivity index (χ0v) is 20.6. The van der Waals surface area contributed by atoms with Gasteiger partial charge in [-0.2, -0.15) is 13.2 Å². The topological polar surface area (TPSA) is 71.1 Å². The summed E-state index contributed by atoms with van der Waals surface area (Å²) >= 11 is 0. The average Bonchev–Trinajstić information content (AvgIpc) is 2.76. The van der Waals surface area contributed by atoms with Gasteiger partial charge >= 0.3 is 6.18 Å². The Labute approximate surface area is 199 Å². The molecule has 192 valence electrons. The number of alkyl halides is 3. The van der Waals surface area contributed by atoms with Crippen LogP contribution in [0, 0.1) is 5.92 Å². The van der Waals surface area contributed by atoms with Crippen LogP contribution in [0.4, 0.5) is 18.9 Å². The summed E-state index contributed by atoms with van der Waals surface area (Å²) in [6.07, 6.45) is -4.49. The highest BCUT2D eigenvalue weighted by molar-refractivity contribution is 5.98. The summed E-state index contributed by atoms with van der Waals surface area (Å²) in [6, 6.07) is 4.48. The van der Waals surface area contributed by atoms with E-state index in [9.17, 15) is 22.8 Å². The van der Waals surface area contributed by atoms with Crippen LogP contribution in [-0.2, 0) is 9.53 Å². The van der Waals surface area contributed by atoms with Crippen molar-refractivity contribution in [3.8, 4) is 5.75 Å². The van der Waals surface area contributed by atoms with Gasteiger partial charge in [-0.05, 0) is 31.4 Å². The summed E-state index contributed by atoms with van der Waals surface area (Å²) in [5.41, 5.74) is 0.804. The predicted octanol–water partition coefficient (Wildman–Crippen LogP) is 4.18. The molecule has 2 amide bonds. The summed E-state index contributed by atoms with van der Waals surface area (Å²) in [6.45, 7) is 6.16. The van der Waals surface area contributed by atoms with E-state index in [0.29, 0.717) is 30.6 Å². The molecule has 1 aromatic carbocycles. The number of carbonyl (C=O) groups is 2. The van der Waals surface area contributed by atoms with Crippen LogP contribution < -0.4 is 10.1 Å². The molecule has 0 aromatic heterocycles. The molecule has 1 aliphatic heterocycles. The van der Waals surface area contributed by atoms with Crippen LogP contribution in [0.15, 0.2) is 18.2 Å². The van der Waals surface area contributed by atoms with Crippen LogP contribution in [0.1, 0.15) is 50.4 Å². The number of fused-ring (bicyclic) bond motifs is 1. The normalized spacial score (nSPS) is 22.9. The lowest BCUT2D eigenvalue weighted by Crippen LogP contribution is -2.47. The van der Waals surface area contributed by atoms with Crippen molar-refractivity contribution in [1.29, 1.82) is 0 Å². The highest BCUT2D eigenvalue weighted by atomic mass is 19.4. The number of carbonyl (C=O) groups excluding carboxylic acids is 2. The molecule has 34 heavy (non-hydrogen) atoms. The molecular formula is C24H36F3N3O4. The smallest absolute Gasteiger partial charge is 0.390 e. The number of halogens is 3. The van der Waals surface area contributed by atoms with Crippen molar-refractivity contribution in [2.75, 3.05) is 45.7 Å². The second-order valence-electron chi connectivity index (χ2n) is 8.97. The fourth-order valence-corrected chi connectivity index (χ4v) is 3.96. The number of amides is 2. The molecule has 0 saturated carbocycles. The minimum absolute atomic E-state index is 0.0819. The van der Waals surface area contributed by atoms with Crippen molar-refractivity contribution >= 4 is 17.5 Å². The molecule has 1 heterocycles. The third-order valence-corrected chi connectivity index (χ3v) is 6.02. The highest BCUT2D eigenvalue weighted by Crippen LogP contribution is 2.27. The fraction of sp³-hybridized carbons (Fsp3) is 0.667. The summed E-state index contributed by atoms with van der Waals surface area (Å²) in [5.74, 6) is -0.261. The van der Waals surface area contributed by atoms with Crippen LogP contribution in [0.3, 0.4) is 0 Å². The van der Waals surface area contributed by atoms with E-state index in [1.54, 1.807) is 37.1 Å². The zero-order valence-electron chi connectivity index (χ0n) is 20.6. The SMILES string of the molecule is CCCC(=O)Nc1ccc2c(c1)OC[C@@H](C)N(CCC(F)(F)F)C[C@H](C)[C@@H](OC)CN(C)C2=O. The number of benzene rings is 1. The maximum Gasteiger partial charge on any atom is 0.390 e. The molecule has 2 rings (SSSR count). The summed E-state index contributed by atoms with van der Waals surface area (Å²) in [7, 11) is 3.19. The molecule has 3 atom stereocenters. The maximum absolute atomic E-state index is 13.2. The van der Waals surface area contributed by atoms with E-state index >= 15 is 0 Å². The Hall–Kier alpha value is -2.33. The molecule has 1 aliphatic rings. The second kappa shape index (κ2) is 12.4. The van der Waals surface area contributed by atoms with Crippen LogP contribution in [0.5, 0.6) is 5.75 Å². The number of nitrogens with one attached hydrogen (secondary N) is 1. The van der Waals surface area contributed by atoms with Gasteiger partial charge in [0.25, 0.3) is 5.91 Å². The number of methoxy groups -OCH3 is 1. The Morgan fingerprint density at radius 2 is 1.97 bits per heavy atom. The predicted molar refractivity (Wildman–Crippen MR) is 124 cm³/mol. The van der Waals surface area contributed by atoms with E-state index in [1.807, 2.05) is 13.8 Å². The minimum Gasteiger partial charge on any atom is -0.491 e. The lowest BCUT2D eigenvalue weighted by Gasteiger charge is -2.36. The first-order valence-corrected chi connectivity index (χ1v) is 11.6. The molecule has 1 N–H and O–H groups in total. The number of hydrogen-bond donors (Lipinski definition) is 1. The molecular weight excluding hydrogens is 451 g/mol. The first-order chi connectivity index (χ1) is 15.9. The summed E-state index contributed by atoms with van der Waals surface area (Å²) in [4.78, 5) is 28.5.